The molecule has 1 aliphatic rings. The van der Waals surface area contributed by atoms with Crippen LogP contribution in [0.3, 0.4) is 0 Å². The first-order valence-electron chi connectivity index (χ1n) is 9.19. The molecule has 1 saturated heterocycles. The Labute approximate surface area is 159 Å². The van der Waals surface area contributed by atoms with E-state index >= 15 is 0 Å². The largest absolute Gasteiger partial charge is 0.497 e. The number of benzene rings is 2. The van der Waals surface area contributed by atoms with Gasteiger partial charge in [-0.15, -0.1) is 0 Å². The first-order chi connectivity index (χ1) is 13.1. The Bertz CT molecular complexity index is 805. The maximum absolute atomic E-state index is 12.4. The number of rotatable bonds is 5. The third kappa shape index (κ3) is 4.58. The molecule has 0 aliphatic carbocycles. The van der Waals surface area contributed by atoms with Gasteiger partial charge in [0, 0.05) is 25.3 Å². The van der Waals surface area contributed by atoms with E-state index in [1.807, 2.05) is 55.5 Å². The van der Waals surface area contributed by atoms with Crippen LogP contribution in [0.1, 0.15) is 13.3 Å². The minimum Gasteiger partial charge on any atom is -0.497 e. The molecule has 0 saturated carbocycles. The third-order valence-corrected chi connectivity index (χ3v) is 4.74. The monoisotopic (exact) mass is 367 g/mol. The lowest BCUT2D eigenvalue weighted by molar-refractivity contribution is -0.124. The van der Waals surface area contributed by atoms with Crippen LogP contribution in [0.15, 0.2) is 48.5 Å². The van der Waals surface area contributed by atoms with Gasteiger partial charge >= 0.3 is 6.03 Å². The minimum atomic E-state index is -0.170. The number of urea groups is 1. The molecular weight excluding hydrogens is 342 g/mol. The van der Waals surface area contributed by atoms with E-state index in [-0.39, 0.29) is 17.9 Å². The van der Waals surface area contributed by atoms with Crippen molar-refractivity contribution in [1.29, 1.82) is 0 Å². The van der Waals surface area contributed by atoms with E-state index in [0.29, 0.717) is 26.1 Å². The zero-order valence-corrected chi connectivity index (χ0v) is 15.7. The summed E-state index contributed by atoms with van der Waals surface area (Å²) in [5, 5.41) is 5.73. The lowest BCUT2D eigenvalue weighted by atomic mass is 10.1. The first kappa shape index (κ1) is 18.8. The van der Waals surface area contributed by atoms with Crippen molar-refractivity contribution < 1.29 is 14.3 Å². The fourth-order valence-corrected chi connectivity index (χ4v) is 3.23. The molecule has 1 unspecified atom stereocenters. The summed E-state index contributed by atoms with van der Waals surface area (Å²) in [4.78, 5) is 26.0. The van der Waals surface area contributed by atoms with Crippen LogP contribution in [0.5, 0.6) is 5.75 Å². The van der Waals surface area contributed by atoms with Crippen molar-refractivity contribution in [2.24, 2.45) is 5.92 Å². The van der Waals surface area contributed by atoms with Gasteiger partial charge in [-0.1, -0.05) is 24.3 Å². The van der Waals surface area contributed by atoms with Crippen molar-refractivity contribution in [1.82, 2.24) is 10.2 Å². The quantitative estimate of drug-likeness (QED) is 0.851. The fraction of sp³-hybridized carbons (Fsp3) is 0.333. The van der Waals surface area contributed by atoms with Crippen LogP contribution in [0, 0.1) is 5.92 Å². The lowest BCUT2D eigenvalue weighted by Gasteiger charge is -2.17. The molecular formula is C21H25N3O3. The van der Waals surface area contributed by atoms with E-state index in [9.17, 15) is 9.59 Å². The summed E-state index contributed by atoms with van der Waals surface area (Å²) in [6.45, 7) is 3.56. The number of hydrogen-bond acceptors (Lipinski definition) is 3. The van der Waals surface area contributed by atoms with Crippen molar-refractivity contribution in [3.63, 3.8) is 0 Å². The summed E-state index contributed by atoms with van der Waals surface area (Å²) in [5.74, 6) is 0.710. The molecule has 1 fully saturated rings. The lowest BCUT2D eigenvalue weighted by Crippen LogP contribution is -2.36. The molecule has 142 valence electrons. The van der Waals surface area contributed by atoms with Crippen LogP contribution in [0.25, 0.3) is 11.1 Å². The molecule has 27 heavy (non-hydrogen) atoms. The van der Waals surface area contributed by atoms with Crippen LogP contribution < -0.4 is 15.4 Å². The smallest absolute Gasteiger partial charge is 0.321 e. The van der Waals surface area contributed by atoms with Crippen molar-refractivity contribution in [2.75, 3.05) is 32.1 Å². The van der Waals surface area contributed by atoms with E-state index in [1.165, 1.54) is 0 Å². The topological polar surface area (TPSA) is 70.7 Å². The maximum atomic E-state index is 12.4. The minimum absolute atomic E-state index is 0.0236. The van der Waals surface area contributed by atoms with Gasteiger partial charge in [0.05, 0.1) is 13.0 Å². The standard InChI is InChI=1S/C21H25N3O3/c1-3-22-20(25)17-11-12-24(14-17)21(26)23-18-9-7-15(8-10-18)16-5-4-6-19(13-16)27-2/h4-10,13,17H,3,11-12,14H2,1-2H3,(H,22,25)(H,23,26). The third-order valence-electron chi connectivity index (χ3n) is 4.74. The molecule has 1 aliphatic heterocycles. The van der Waals surface area contributed by atoms with E-state index < -0.39 is 0 Å². The molecule has 2 N–H and O–H groups in total. The van der Waals surface area contributed by atoms with Gasteiger partial charge in [-0.05, 0) is 48.7 Å². The van der Waals surface area contributed by atoms with Crippen molar-refractivity contribution in [3.05, 3.63) is 48.5 Å². The maximum Gasteiger partial charge on any atom is 0.321 e. The predicted octanol–water partition coefficient (Wildman–Crippen LogP) is 3.35. The Balaban J connectivity index is 1.60. The highest BCUT2D eigenvalue weighted by Gasteiger charge is 2.30. The number of nitrogens with zero attached hydrogens (tertiary/aromatic N) is 1. The second-order valence-electron chi connectivity index (χ2n) is 6.57. The molecule has 2 aromatic carbocycles. The van der Waals surface area contributed by atoms with Crippen molar-refractivity contribution in [3.8, 4) is 16.9 Å². The number of hydrogen-bond donors (Lipinski definition) is 2. The van der Waals surface area contributed by atoms with E-state index in [4.69, 9.17) is 4.74 Å². The predicted molar refractivity (Wildman–Crippen MR) is 106 cm³/mol. The number of likely N-dealkylation sites (tertiary alicyclic amines) is 1. The van der Waals surface area contributed by atoms with Gasteiger partial charge in [-0.3, -0.25) is 4.79 Å². The molecule has 6 heteroatoms. The summed E-state index contributed by atoms with van der Waals surface area (Å²) < 4.78 is 5.26. The second kappa shape index (κ2) is 8.58. The molecule has 2 aromatic rings. The SMILES string of the molecule is CCNC(=O)C1CCN(C(=O)Nc2ccc(-c3cccc(OC)c3)cc2)C1. The Kier molecular flexibility index (Phi) is 5.96. The molecule has 3 amide bonds. The number of carbonyl (C=O) groups excluding carboxylic acids is 2. The first-order valence-corrected chi connectivity index (χ1v) is 9.19. The van der Waals surface area contributed by atoms with E-state index in [1.54, 1.807) is 12.0 Å². The molecule has 1 heterocycles. The summed E-state index contributed by atoms with van der Waals surface area (Å²) in [7, 11) is 1.65. The Morgan fingerprint density at radius 1 is 1.15 bits per heavy atom. The number of amides is 3. The van der Waals surface area contributed by atoms with Gasteiger partial charge in [-0.2, -0.15) is 0 Å². The Hall–Kier alpha value is -3.02. The normalized spacial score (nSPS) is 16.1. The summed E-state index contributed by atoms with van der Waals surface area (Å²) >= 11 is 0. The second-order valence-corrected chi connectivity index (χ2v) is 6.57. The molecule has 0 aromatic heterocycles. The van der Waals surface area contributed by atoms with Crippen molar-refractivity contribution >= 4 is 17.6 Å². The van der Waals surface area contributed by atoms with Crippen molar-refractivity contribution in [2.45, 2.75) is 13.3 Å². The average molecular weight is 367 g/mol. The summed E-state index contributed by atoms with van der Waals surface area (Å²) in [5.41, 5.74) is 2.83. The number of carbonyl (C=O) groups is 2. The summed E-state index contributed by atoms with van der Waals surface area (Å²) in [6, 6.07) is 15.4. The van der Waals surface area contributed by atoms with Gasteiger partial charge in [0.25, 0.3) is 0 Å². The molecule has 6 nitrogen and oxygen atoms in total. The highest BCUT2D eigenvalue weighted by molar-refractivity contribution is 5.90. The van der Waals surface area contributed by atoms with Gasteiger partial charge in [0.15, 0.2) is 0 Å². The van der Waals surface area contributed by atoms with Gasteiger partial charge in [0.2, 0.25) is 5.91 Å². The Morgan fingerprint density at radius 3 is 2.63 bits per heavy atom. The fourth-order valence-electron chi connectivity index (χ4n) is 3.23. The molecule has 3 rings (SSSR count). The zero-order chi connectivity index (χ0) is 19.2. The van der Waals surface area contributed by atoms with Crippen LogP contribution in [-0.4, -0.2) is 43.6 Å². The molecule has 0 spiro atoms. The van der Waals surface area contributed by atoms with Gasteiger partial charge in [0.1, 0.15) is 5.75 Å². The summed E-state index contributed by atoms with van der Waals surface area (Å²) in [6.07, 6.45) is 0.702. The van der Waals surface area contributed by atoms with Gasteiger partial charge in [-0.25, -0.2) is 4.79 Å². The van der Waals surface area contributed by atoms with Crippen LogP contribution in [0.2, 0.25) is 0 Å². The highest BCUT2D eigenvalue weighted by atomic mass is 16.5. The Morgan fingerprint density at radius 2 is 1.93 bits per heavy atom. The number of anilines is 1. The number of nitrogens with one attached hydrogen (secondary N) is 2. The zero-order valence-electron chi connectivity index (χ0n) is 15.7. The highest BCUT2D eigenvalue weighted by Crippen LogP contribution is 2.25. The molecule has 0 bridgehead atoms. The van der Waals surface area contributed by atoms with Gasteiger partial charge < -0.3 is 20.3 Å². The van der Waals surface area contributed by atoms with Crippen LogP contribution in [-0.2, 0) is 4.79 Å². The van der Waals surface area contributed by atoms with Crippen LogP contribution in [0.4, 0.5) is 10.5 Å². The number of ether oxygens (including phenoxy) is 1. The van der Waals surface area contributed by atoms with E-state index in [0.717, 1.165) is 22.6 Å². The van der Waals surface area contributed by atoms with Crippen LogP contribution >= 0.6 is 0 Å². The number of methoxy groups -OCH3 is 1. The molecule has 0 radical (unpaired) electrons. The van der Waals surface area contributed by atoms with E-state index in [2.05, 4.69) is 10.6 Å². The molecule has 1 atom stereocenters. The average Bonchev–Trinajstić information content (AvgIpc) is 3.19.